The van der Waals surface area contributed by atoms with Crippen LogP contribution < -0.4 is 0 Å². The topological polar surface area (TPSA) is 3.24 Å². The molecule has 0 bridgehead atoms. The third-order valence-corrected chi connectivity index (χ3v) is 2.32. The zero-order valence-electron chi connectivity index (χ0n) is 8.02. The molecule has 0 rings (SSSR count). The van der Waals surface area contributed by atoms with E-state index in [1.54, 1.807) is 0 Å². The van der Waals surface area contributed by atoms with Crippen LogP contribution in [0.15, 0.2) is 0 Å². The first-order valence-corrected chi connectivity index (χ1v) is 4.24. The summed E-state index contributed by atoms with van der Waals surface area (Å²) in [7, 11) is 4.29. The molecule has 10 heavy (non-hydrogen) atoms. The third kappa shape index (κ3) is 3.89. The molecule has 0 aliphatic heterocycles. The van der Waals surface area contributed by atoms with Crippen LogP contribution in [-0.2, 0) is 0 Å². The molecule has 0 radical (unpaired) electrons. The first-order chi connectivity index (χ1) is 4.57. The van der Waals surface area contributed by atoms with Crippen molar-refractivity contribution in [3.63, 3.8) is 0 Å². The molecule has 0 amide bonds. The van der Waals surface area contributed by atoms with Crippen LogP contribution in [0, 0.1) is 5.92 Å². The Labute approximate surface area is 65.4 Å². The summed E-state index contributed by atoms with van der Waals surface area (Å²) >= 11 is 0. The first-order valence-electron chi connectivity index (χ1n) is 4.24. The Morgan fingerprint density at radius 3 is 2.00 bits per heavy atom. The SMILES string of the molecule is CCC(C)CC(C)N(C)C. The second-order valence-corrected chi connectivity index (χ2v) is 3.56. The predicted molar refractivity (Wildman–Crippen MR) is 47.2 cm³/mol. The van der Waals surface area contributed by atoms with Crippen LogP contribution in [0.2, 0.25) is 0 Å². The van der Waals surface area contributed by atoms with Crippen molar-refractivity contribution < 1.29 is 0 Å². The summed E-state index contributed by atoms with van der Waals surface area (Å²) in [5.41, 5.74) is 0. The van der Waals surface area contributed by atoms with Gasteiger partial charge in [0, 0.05) is 6.04 Å². The summed E-state index contributed by atoms with van der Waals surface area (Å²) in [6, 6.07) is 0.731. The van der Waals surface area contributed by atoms with E-state index in [0.29, 0.717) is 0 Å². The lowest BCUT2D eigenvalue weighted by Gasteiger charge is -2.22. The van der Waals surface area contributed by atoms with E-state index in [0.717, 1.165) is 12.0 Å². The summed E-state index contributed by atoms with van der Waals surface area (Å²) in [4.78, 5) is 2.28. The fourth-order valence-corrected chi connectivity index (χ4v) is 0.960. The number of rotatable bonds is 4. The molecule has 0 heterocycles. The largest absolute Gasteiger partial charge is 0.307 e. The number of hydrogen-bond donors (Lipinski definition) is 0. The molecule has 0 saturated carbocycles. The Morgan fingerprint density at radius 1 is 1.20 bits per heavy atom. The molecule has 0 N–H and O–H groups in total. The maximum atomic E-state index is 2.32. The second kappa shape index (κ2) is 4.73. The molecule has 0 fully saturated rings. The number of hydrogen-bond acceptors (Lipinski definition) is 1. The van der Waals surface area contributed by atoms with Crippen LogP contribution in [0.4, 0.5) is 0 Å². The van der Waals surface area contributed by atoms with Crippen molar-refractivity contribution in [2.24, 2.45) is 5.92 Å². The van der Waals surface area contributed by atoms with E-state index >= 15 is 0 Å². The molecular formula is C9H21N. The minimum atomic E-state index is 0.731. The molecule has 1 heteroatoms. The Kier molecular flexibility index (Phi) is 4.71. The van der Waals surface area contributed by atoms with E-state index in [2.05, 4.69) is 39.8 Å². The maximum absolute atomic E-state index is 2.32. The first kappa shape index (κ1) is 9.96. The Hall–Kier alpha value is -0.0400. The van der Waals surface area contributed by atoms with Gasteiger partial charge in [-0.3, -0.25) is 0 Å². The Morgan fingerprint density at radius 2 is 1.70 bits per heavy atom. The zero-order valence-corrected chi connectivity index (χ0v) is 8.02. The summed E-state index contributed by atoms with van der Waals surface area (Å²) < 4.78 is 0. The van der Waals surface area contributed by atoms with Crippen molar-refractivity contribution in [3.05, 3.63) is 0 Å². The van der Waals surface area contributed by atoms with Crippen LogP contribution >= 0.6 is 0 Å². The van der Waals surface area contributed by atoms with Gasteiger partial charge >= 0.3 is 0 Å². The predicted octanol–water partition coefficient (Wildman–Crippen LogP) is 2.37. The average Bonchev–Trinajstić information content (AvgIpc) is 1.87. The van der Waals surface area contributed by atoms with Crippen LogP contribution in [0.25, 0.3) is 0 Å². The maximum Gasteiger partial charge on any atom is 0.00633 e. The molecule has 0 aliphatic carbocycles. The lowest BCUT2D eigenvalue weighted by molar-refractivity contribution is 0.265. The van der Waals surface area contributed by atoms with E-state index in [-0.39, 0.29) is 0 Å². The average molecular weight is 143 g/mol. The van der Waals surface area contributed by atoms with Crippen LogP contribution in [0.1, 0.15) is 33.6 Å². The van der Waals surface area contributed by atoms with Gasteiger partial charge in [0.1, 0.15) is 0 Å². The van der Waals surface area contributed by atoms with Crippen molar-refractivity contribution in [1.82, 2.24) is 4.90 Å². The summed E-state index contributed by atoms with van der Waals surface area (Å²) in [5.74, 6) is 0.873. The highest BCUT2D eigenvalue weighted by atomic mass is 15.1. The van der Waals surface area contributed by atoms with Gasteiger partial charge in [-0.15, -0.1) is 0 Å². The van der Waals surface area contributed by atoms with Gasteiger partial charge in [-0.05, 0) is 33.4 Å². The van der Waals surface area contributed by atoms with Gasteiger partial charge in [0.05, 0.1) is 0 Å². The Balaban J connectivity index is 3.46. The molecule has 0 aromatic carbocycles. The lowest BCUT2D eigenvalue weighted by atomic mass is 10.00. The molecule has 62 valence electrons. The molecule has 0 spiro atoms. The van der Waals surface area contributed by atoms with Crippen molar-refractivity contribution in [2.75, 3.05) is 14.1 Å². The van der Waals surface area contributed by atoms with Gasteiger partial charge < -0.3 is 4.90 Å². The van der Waals surface area contributed by atoms with E-state index in [4.69, 9.17) is 0 Å². The van der Waals surface area contributed by atoms with Crippen molar-refractivity contribution >= 4 is 0 Å². The fraction of sp³-hybridized carbons (Fsp3) is 1.00. The molecule has 0 aliphatic rings. The molecule has 2 unspecified atom stereocenters. The van der Waals surface area contributed by atoms with E-state index in [9.17, 15) is 0 Å². The normalized spacial score (nSPS) is 17.4. The van der Waals surface area contributed by atoms with Gasteiger partial charge in [0.2, 0.25) is 0 Å². The van der Waals surface area contributed by atoms with Gasteiger partial charge in [-0.25, -0.2) is 0 Å². The van der Waals surface area contributed by atoms with Gasteiger partial charge in [-0.2, -0.15) is 0 Å². The minimum Gasteiger partial charge on any atom is -0.307 e. The van der Waals surface area contributed by atoms with E-state index < -0.39 is 0 Å². The quantitative estimate of drug-likeness (QED) is 0.584. The van der Waals surface area contributed by atoms with Crippen LogP contribution in [0.3, 0.4) is 0 Å². The Bertz CT molecular complexity index is 78.8. The van der Waals surface area contributed by atoms with Crippen molar-refractivity contribution in [3.8, 4) is 0 Å². The van der Waals surface area contributed by atoms with Gasteiger partial charge in [-0.1, -0.05) is 20.3 Å². The highest BCUT2D eigenvalue weighted by Gasteiger charge is 2.07. The highest BCUT2D eigenvalue weighted by molar-refractivity contribution is 4.62. The highest BCUT2D eigenvalue weighted by Crippen LogP contribution is 2.11. The zero-order chi connectivity index (χ0) is 8.15. The lowest BCUT2D eigenvalue weighted by Crippen LogP contribution is -2.26. The molecule has 0 saturated heterocycles. The molecular weight excluding hydrogens is 122 g/mol. The molecule has 2 atom stereocenters. The monoisotopic (exact) mass is 143 g/mol. The van der Waals surface area contributed by atoms with E-state index in [1.807, 2.05) is 0 Å². The third-order valence-electron chi connectivity index (χ3n) is 2.32. The molecule has 0 aromatic rings. The van der Waals surface area contributed by atoms with Crippen molar-refractivity contribution in [2.45, 2.75) is 39.7 Å². The van der Waals surface area contributed by atoms with E-state index in [1.165, 1.54) is 12.8 Å². The minimum absolute atomic E-state index is 0.731. The summed E-state index contributed by atoms with van der Waals surface area (Å²) in [6.45, 7) is 6.86. The summed E-state index contributed by atoms with van der Waals surface area (Å²) in [6.07, 6.45) is 2.63. The summed E-state index contributed by atoms with van der Waals surface area (Å²) in [5, 5.41) is 0. The van der Waals surface area contributed by atoms with Gasteiger partial charge in [0.15, 0.2) is 0 Å². The molecule has 1 nitrogen and oxygen atoms in total. The van der Waals surface area contributed by atoms with Crippen molar-refractivity contribution in [1.29, 1.82) is 0 Å². The van der Waals surface area contributed by atoms with Crippen LogP contribution in [-0.4, -0.2) is 25.0 Å². The number of nitrogens with zero attached hydrogens (tertiary/aromatic N) is 1. The van der Waals surface area contributed by atoms with Crippen LogP contribution in [0.5, 0.6) is 0 Å². The smallest absolute Gasteiger partial charge is 0.00633 e. The molecule has 0 aromatic heterocycles. The second-order valence-electron chi connectivity index (χ2n) is 3.56. The fourth-order valence-electron chi connectivity index (χ4n) is 0.960. The van der Waals surface area contributed by atoms with Gasteiger partial charge in [0.25, 0.3) is 0 Å². The standard InChI is InChI=1S/C9H21N/c1-6-8(2)7-9(3)10(4)5/h8-9H,6-7H2,1-5H3.